The minimum absolute atomic E-state index is 0.301. The van der Waals surface area contributed by atoms with E-state index in [0.29, 0.717) is 17.8 Å². The second-order valence-electron chi connectivity index (χ2n) is 4.64. The van der Waals surface area contributed by atoms with E-state index in [9.17, 15) is 4.39 Å². The summed E-state index contributed by atoms with van der Waals surface area (Å²) in [5.41, 5.74) is 9.08. The Bertz CT molecular complexity index is 720. The van der Waals surface area contributed by atoms with E-state index in [0.717, 1.165) is 11.1 Å². The summed E-state index contributed by atoms with van der Waals surface area (Å²) in [4.78, 5) is 0. The van der Waals surface area contributed by atoms with Gasteiger partial charge in [-0.3, -0.25) is 4.68 Å². The van der Waals surface area contributed by atoms with Gasteiger partial charge in [0.25, 0.3) is 0 Å². The first-order chi connectivity index (χ1) is 9.72. The molecule has 0 aliphatic carbocycles. The largest absolute Gasteiger partial charge is 0.398 e. The highest BCUT2D eigenvalue weighted by molar-refractivity contribution is 5.75. The molecule has 0 spiro atoms. The standard InChI is InChI=1S/C16H14FN3/c17-14-6-7-16(18)15(8-14)13-9-19-20(11-13)10-12-4-2-1-3-5-12/h1-9,11H,10,18H2. The maximum atomic E-state index is 13.3. The smallest absolute Gasteiger partial charge is 0.123 e. The summed E-state index contributed by atoms with van der Waals surface area (Å²) in [5, 5.41) is 4.30. The highest BCUT2D eigenvalue weighted by atomic mass is 19.1. The molecule has 0 aliphatic rings. The van der Waals surface area contributed by atoms with Crippen molar-refractivity contribution in [3.63, 3.8) is 0 Å². The Labute approximate surface area is 116 Å². The van der Waals surface area contributed by atoms with Crippen molar-refractivity contribution in [3.05, 3.63) is 72.3 Å². The molecule has 0 bridgehead atoms. The molecule has 100 valence electrons. The van der Waals surface area contributed by atoms with Crippen LogP contribution in [0.5, 0.6) is 0 Å². The van der Waals surface area contributed by atoms with Crippen molar-refractivity contribution in [1.29, 1.82) is 0 Å². The molecule has 3 rings (SSSR count). The third-order valence-electron chi connectivity index (χ3n) is 3.15. The number of hydrogen-bond donors (Lipinski definition) is 1. The second-order valence-corrected chi connectivity index (χ2v) is 4.64. The fourth-order valence-electron chi connectivity index (χ4n) is 2.14. The molecule has 2 aromatic carbocycles. The minimum atomic E-state index is -0.301. The molecule has 0 amide bonds. The van der Waals surface area contributed by atoms with Gasteiger partial charge in [-0.25, -0.2) is 4.39 Å². The van der Waals surface area contributed by atoms with Crippen molar-refractivity contribution >= 4 is 5.69 Å². The van der Waals surface area contributed by atoms with Gasteiger partial charge >= 0.3 is 0 Å². The molecular formula is C16H14FN3. The lowest BCUT2D eigenvalue weighted by Gasteiger charge is -2.03. The summed E-state index contributed by atoms with van der Waals surface area (Å²) >= 11 is 0. The molecule has 3 aromatic rings. The molecule has 0 aliphatic heterocycles. The van der Waals surface area contributed by atoms with Gasteiger partial charge in [0.2, 0.25) is 0 Å². The van der Waals surface area contributed by atoms with Crippen LogP contribution in [0.3, 0.4) is 0 Å². The Kier molecular flexibility index (Phi) is 3.21. The summed E-state index contributed by atoms with van der Waals surface area (Å²) in [5.74, 6) is -0.301. The van der Waals surface area contributed by atoms with Crippen molar-refractivity contribution in [3.8, 4) is 11.1 Å². The van der Waals surface area contributed by atoms with Gasteiger partial charge in [0, 0.05) is 23.0 Å². The van der Waals surface area contributed by atoms with E-state index < -0.39 is 0 Å². The van der Waals surface area contributed by atoms with E-state index in [1.165, 1.54) is 12.1 Å². The summed E-state index contributed by atoms with van der Waals surface area (Å²) in [6.45, 7) is 0.677. The zero-order valence-electron chi connectivity index (χ0n) is 10.8. The zero-order chi connectivity index (χ0) is 13.9. The number of aromatic nitrogens is 2. The number of nitrogens with zero attached hydrogens (tertiary/aromatic N) is 2. The Balaban J connectivity index is 1.88. The predicted octanol–water partition coefficient (Wildman–Crippen LogP) is 3.32. The normalized spacial score (nSPS) is 10.7. The Hall–Kier alpha value is -2.62. The monoisotopic (exact) mass is 267 g/mol. The lowest BCUT2D eigenvalue weighted by molar-refractivity contribution is 0.628. The molecule has 20 heavy (non-hydrogen) atoms. The topological polar surface area (TPSA) is 43.8 Å². The van der Waals surface area contributed by atoms with Crippen LogP contribution in [-0.4, -0.2) is 9.78 Å². The number of rotatable bonds is 3. The molecule has 0 atom stereocenters. The number of nitrogen functional groups attached to an aromatic ring is 1. The maximum Gasteiger partial charge on any atom is 0.123 e. The summed E-state index contributed by atoms with van der Waals surface area (Å²) < 4.78 is 15.1. The summed E-state index contributed by atoms with van der Waals surface area (Å²) in [6, 6.07) is 14.4. The van der Waals surface area contributed by atoms with Crippen molar-refractivity contribution in [2.24, 2.45) is 0 Å². The van der Waals surface area contributed by atoms with Crippen molar-refractivity contribution in [2.45, 2.75) is 6.54 Å². The first-order valence-corrected chi connectivity index (χ1v) is 6.34. The molecule has 2 N–H and O–H groups in total. The summed E-state index contributed by atoms with van der Waals surface area (Å²) in [7, 11) is 0. The van der Waals surface area contributed by atoms with E-state index in [-0.39, 0.29) is 5.82 Å². The van der Waals surface area contributed by atoms with E-state index >= 15 is 0 Å². The first-order valence-electron chi connectivity index (χ1n) is 6.34. The summed E-state index contributed by atoms with van der Waals surface area (Å²) in [6.07, 6.45) is 3.58. The molecule has 3 nitrogen and oxygen atoms in total. The van der Waals surface area contributed by atoms with E-state index in [2.05, 4.69) is 5.10 Å². The Morgan fingerprint density at radius 1 is 1.10 bits per heavy atom. The Morgan fingerprint density at radius 2 is 1.90 bits per heavy atom. The SMILES string of the molecule is Nc1ccc(F)cc1-c1cnn(Cc2ccccc2)c1. The molecule has 0 saturated carbocycles. The molecule has 1 heterocycles. The van der Waals surface area contributed by atoms with Gasteiger partial charge in [-0.15, -0.1) is 0 Å². The number of halogens is 1. The fraction of sp³-hybridized carbons (Fsp3) is 0.0625. The van der Waals surface area contributed by atoms with Crippen LogP contribution in [0.2, 0.25) is 0 Å². The molecule has 0 fully saturated rings. The van der Waals surface area contributed by atoms with Crippen LogP contribution >= 0.6 is 0 Å². The van der Waals surface area contributed by atoms with Crippen LogP contribution < -0.4 is 5.73 Å². The van der Waals surface area contributed by atoms with Crippen LogP contribution in [0.1, 0.15) is 5.56 Å². The van der Waals surface area contributed by atoms with Crippen LogP contribution in [-0.2, 0) is 6.54 Å². The molecule has 4 heteroatoms. The molecule has 0 unspecified atom stereocenters. The molecular weight excluding hydrogens is 253 g/mol. The number of anilines is 1. The van der Waals surface area contributed by atoms with Gasteiger partial charge in [-0.05, 0) is 23.8 Å². The van der Waals surface area contributed by atoms with Gasteiger partial charge in [-0.1, -0.05) is 30.3 Å². The van der Waals surface area contributed by atoms with E-state index in [1.807, 2.05) is 41.2 Å². The first kappa shape index (κ1) is 12.4. The lowest BCUT2D eigenvalue weighted by Crippen LogP contribution is -1.99. The van der Waals surface area contributed by atoms with Gasteiger partial charge in [0.1, 0.15) is 5.82 Å². The fourth-order valence-corrected chi connectivity index (χ4v) is 2.14. The highest BCUT2D eigenvalue weighted by Gasteiger charge is 2.07. The van der Waals surface area contributed by atoms with Gasteiger partial charge in [0.05, 0.1) is 12.7 Å². The predicted molar refractivity (Wildman–Crippen MR) is 77.6 cm³/mol. The van der Waals surface area contributed by atoms with Crippen LogP contribution in [0.4, 0.5) is 10.1 Å². The van der Waals surface area contributed by atoms with Crippen LogP contribution in [0.25, 0.3) is 11.1 Å². The maximum absolute atomic E-state index is 13.3. The van der Waals surface area contributed by atoms with E-state index in [1.54, 1.807) is 12.3 Å². The van der Waals surface area contributed by atoms with Crippen molar-refractivity contribution < 1.29 is 4.39 Å². The minimum Gasteiger partial charge on any atom is -0.398 e. The molecule has 0 radical (unpaired) electrons. The van der Waals surface area contributed by atoms with E-state index in [4.69, 9.17) is 5.73 Å². The van der Waals surface area contributed by atoms with Gasteiger partial charge in [-0.2, -0.15) is 5.10 Å². The highest BCUT2D eigenvalue weighted by Crippen LogP contribution is 2.26. The third kappa shape index (κ3) is 2.54. The second kappa shape index (κ2) is 5.17. The van der Waals surface area contributed by atoms with Crippen molar-refractivity contribution in [1.82, 2.24) is 9.78 Å². The molecule has 1 aromatic heterocycles. The Morgan fingerprint density at radius 3 is 2.70 bits per heavy atom. The number of nitrogens with two attached hydrogens (primary N) is 1. The third-order valence-corrected chi connectivity index (χ3v) is 3.15. The average molecular weight is 267 g/mol. The quantitative estimate of drug-likeness (QED) is 0.740. The molecule has 0 saturated heterocycles. The van der Waals surface area contributed by atoms with Crippen molar-refractivity contribution in [2.75, 3.05) is 5.73 Å². The average Bonchev–Trinajstić information content (AvgIpc) is 2.91. The lowest BCUT2D eigenvalue weighted by atomic mass is 10.1. The van der Waals surface area contributed by atoms with Crippen LogP contribution in [0.15, 0.2) is 60.9 Å². The van der Waals surface area contributed by atoms with Gasteiger partial charge in [0.15, 0.2) is 0 Å². The van der Waals surface area contributed by atoms with Crippen LogP contribution in [0, 0.1) is 5.82 Å². The number of hydrogen-bond acceptors (Lipinski definition) is 2. The number of benzene rings is 2. The van der Waals surface area contributed by atoms with Gasteiger partial charge < -0.3 is 5.73 Å². The zero-order valence-corrected chi connectivity index (χ0v) is 10.8.